The van der Waals surface area contributed by atoms with Gasteiger partial charge in [0.05, 0.1) is 25.5 Å². The first-order valence-corrected chi connectivity index (χ1v) is 7.40. The number of hydrogen-bond donors (Lipinski definition) is 0. The Labute approximate surface area is 116 Å². The molecule has 0 aliphatic carbocycles. The summed E-state index contributed by atoms with van der Waals surface area (Å²) in [5, 5.41) is 8.01. The van der Waals surface area contributed by atoms with Gasteiger partial charge in [-0.3, -0.25) is 9.36 Å². The minimum absolute atomic E-state index is 0.138. The Kier molecular flexibility index (Phi) is 4.19. The molecule has 20 heavy (non-hydrogen) atoms. The van der Waals surface area contributed by atoms with Crippen molar-refractivity contribution in [2.45, 2.75) is 18.0 Å². The SMILES string of the molecule is CN(C)S(=O)(=O)c1cnn(Cc2cnn(CCF)c2)c1. The summed E-state index contributed by atoms with van der Waals surface area (Å²) in [6, 6.07) is 0. The highest BCUT2D eigenvalue weighted by molar-refractivity contribution is 7.89. The second-order valence-corrected chi connectivity index (χ2v) is 6.61. The molecule has 7 nitrogen and oxygen atoms in total. The molecule has 0 saturated heterocycles. The zero-order valence-electron chi connectivity index (χ0n) is 11.3. The maximum Gasteiger partial charge on any atom is 0.245 e. The lowest BCUT2D eigenvalue weighted by Crippen LogP contribution is -2.21. The van der Waals surface area contributed by atoms with Crippen molar-refractivity contribution < 1.29 is 12.8 Å². The van der Waals surface area contributed by atoms with E-state index in [1.165, 1.54) is 35.9 Å². The number of sulfonamides is 1. The topological polar surface area (TPSA) is 73.0 Å². The van der Waals surface area contributed by atoms with Crippen molar-refractivity contribution in [2.75, 3.05) is 20.8 Å². The van der Waals surface area contributed by atoms with E-state index >= 15 is 0 Å². The monoisotopic (exact) mass is 301 g/mol. The molecule has 9 heteroatoms. The Hall–Kier alpha value is -1.74. The van der Waals surface area contributed by atoms with Gasteiger partial charge < -0.3 is 0 Å². The molecular formula is C11H16FN5O2S. The zero-order chi connectivity index (χ0) is 14.8. The number of aromatic nitrogens is 4. The summed E-state index contributed by atoms with van der Waals surface area (Å²) >= 11 is 0. The average Bonchev–Trinajstić information content (AvgIpc) is 3.00. The molecule has 0 fully saturated rings. The first-order valence-electron chi connectivity index (χ1n) is 5.96. The maximum absolute atomic E-state index is 12.2. The largest absolute Gasteiger partial charge is 0.270 e. The lowest BCUT2D eigenvalue weighted by Gasteiger charge is -2.08. The first kappa shape index (κ1) is 14.7. The zero-order valence-corrected chi connectivity index (χ0v) is 12.1. The summed E-state index contributed by atoms with van der Waals surface area (Å²) in [5.74, 6) is 0. The third-order valence-corrected chi connectivity index (χ3v) is 4.50. The molecule has 2 aromatic heterocycles. The van der Waals surface area contributed by atoms with E-state index in [2.05, 4.69) is 10.2 Å². The van der Waals surface area contributed by atoms with E-state index in [1.54, 1.807) is 12.4 Å². The Bertz CT molecular complexity index is 677. The van der Waals surface area contributed by atoms with Crippen LogP contribution in [0.2, 0.25) is 0 Å². The summed E-state index contributed by atoms with van der Waals surface area (Å²) in [5.41, 5.74) is 0.829. The minimum Gasteiger partial charge on any atom is -0.270 e. The van der Waals surface area contributed by atoms with Crippen molar-refractivity contribution in [3.05, 3.63) is 30.4 Å². The van der Waals surface area contributed by atoms with E-state index in [0.29, 0.717) is 6.54 Å². The van der Waals surface area contributed by atoms with Crippen LogP contribution in [0.1, 0.15) is 5.56 Å². The standard InChI is InChI=1S/C11H16FN5O2S/c1-15(2)20(18,19)11-6-14-17(9-11)8-10-5-13-16(7-10)4-3-12/h5-7,9H,3-4,8H2,1-2H3. The van der Waals surface area contributed by atoms with E-state index in [-0.39, 0.29) is 11.4 Å². The molecule has 0 saturated carbocycles. The molecule has 0 aliphatic rings. The molecule has 110 valence electrons. The summed E-state index contributed by atoms with van der Waals surface area (Å²) in [6.45, 7) is 0.114. The van der Waals surface area contributed by atoms with Crippen molar-refractivity contribution in [3.8, 4) is 0 Å². The summed E-state index contributed by atoms with van der Waals surface area (Å²) < 4.78 is 40.1. The number of nitrogens with zero attached hydrogens (tertiary/aromatic N) is 5. The highest BCUT2D eigenvalue weighted by Gasteiger charge is 2.19. The van der Waals surface area contributed by atoms with Crippen molar-refractivity contribution in [1.82, 2.24) is 23.9 Å². The van der Waals surface area contributed by atoms with Crippen molar-refractivity contribution in [1.29, 1.82) is 0 Å². The molecule has 0 spiro atoms. The van der Waals surface area contributed by atoms with Gasteiger partial charge in [0.15, 0.2) is 0 Å². The molecule has 0 unspecified atom stereocenters. The molecule has 2 rings (SSSR count). The molecule has 0 radical (unpaired) electrons. The number of rotatable bonds is 6. The molecule has 0 amide bonds. The second kappa shape index (κ2) is 5.71. The highest BCUT2D eigenvalue weighted by atomic mass is 32.2. The van der Waals surface area contributed by atoms with Gasteiger partial charge in [-0.2, -0.15) is 10.2 Å². The summed E-state index contributed by atoms with van der Waals surface area (Å²) in [4.78, 5) is 0.138. The lowest BCUT2D eigenvalue weighted by atomic mass is 10.4. The molecule has 0 N–H and O–H groups in total. The number of aryl methyl sites for hydroxylation is 1. The van der Waals surface area contributed by atoms with Crippen LogP contribution in [0.15, 0.2) is 29.7 Å². The molecular weight excluding hydrogens is 285 g/mol. The Morgan fingerprint density at radius 2 is 1.90 bits per heavy atom. The van der Waals surface area contributed by atoms with Crippen LogP contribution in [0.4, 0.5) is 4.39 Å². The van der Waals surface area contributed by atoms with E-state index in [0.717, 1.165) is 9.87 Å². The van der Waals surface area contributed by atoms with Crippen LogP contribution in [-0.2, 0) is 23.1 Å². The second-order valence-electron chi connectivity index (χ2n) is 4.46. The fraction of sp³-hybridized carbons (Fsp3) is 0.455. The van der Waals surface area contributed by atoms with E-state index in [1.807, 2.05) is 0 Å². The maximum atomic E-state index is 12.2. The fourth-order valence-electron chi connectivity index (χ4n) is 1.66. The van der Waals surface area contributed by atoms with Crippen molar-refractivity contribution >= 4 is 10.0 Å². The third-order valence-electron chi connectivity index (χ3n) is 2.73. The van der Waals surface area contributed by atoms with Crippen molar-refractivity contribution in [2.24, 2.45) is 0 Å². The normalized spacial score (nSPS) is 12.2. The van der Waals surface area contributed by atoms with Crippen molar-refractivity contribution in [3.63, 3.8) is 0 Å². The Morgan fingerprint density at radius 3 is 2.55 bits per heavy atom. The van der Waals surface area contributed by atoms with Gasteiger partial charge in [0.2, 0.25) is 10.0 Å². The predicted octanol–water partition coefficient (Wildman–Crippen LogP) is 0.348. The van der Waals surface area contributed by atoms with Gasteiger partial charge in [0.25, 0.3) is 0 Å². The summed E-state index contributed by atoms with van der Waals surface area (Å²) in [6.07, 6.45) is 6.09. The predicted molar refractivity (Wildman–Crippen MR) is 70.4 cm³/mol. The quantitative estimate of drug-likeness (QED) is 0.771. The fourth-order valence-corrected chi connectivity index (χ4v) is 2.52. The number of alkyl halides is 1. The van der Waals surface area contributed by atoms with Gasteiger partial charge in [-0.1, -0.05) is 0 Å². The third kappa shape index (κ3) is 3.05. The number of halogens is 1. The van der Waals surface area contributed by atoms with Gasteiger partial charge in [0, 0.05) is 32.1 Å². The highest BCUT2D eigenvalue weighted by Crippen LogP contribution is 2.12. The van der Waals surface area contributed by atoms with E-state index in [9.17, 15) is 12.8 Å². The number of hydrogen-bond acceptors (Lipinski definition) is 4. The smallest absolute Gasteiger partial charge is 0.245 e. The van der Waals surface area contributed by atoms with Gasteiger partial charge in [-0.05, 0) is 0 Å². The van der Waals surface area contributed by atoms with Crippen LogP contribution < -0.4 is 0 Å². The van der Waals surface area contributed by atoms with Gasteiger partial charge in [-0.25, -0.2) is 17.1 Å². The molecule has 0 atom stereocenters. The molecule has 2 heterocycles. The van der Waals surface area contributed by atoms with E-state index in [4.69, 9.17) is 0 Å². The minimum atomic E-state index is -3.47. The van der Waals surface area contributed by atoms with E-state index < -0.39 is 16.7 Å². The summed E-state index contributed by atoms with van der Waals surface area (Å²) in [7, 11) is -0.540. The van der Waals surface area contributed by atoms with Crippen LogP contribution >= 0.6 is 0 Å². The van der Waals surface area contributed by atoms with Crippen LogP contribution in [0.25, 0.3) is 0 Å². The van der Waals surface area contributed by atoms with Crippen LogP contribution in [0.3, 0.4) is 0 Å². The molecule has 0 aliphatic heterocycles. The van der Waals surface area contributed by atoms with Crippen LogP contribution in [0, 0.1) is 0 Å². The first-order chi connectivity index (χ1) is 9.43. The molecule has 0 aromatic carbocycles. The Balaban J connectivity index is 2.13. The van der Waals surface area contributed by atoms with Gasteiger partial charge in [-0.15, -0.1) is 0 Å². The van der Waals surface area contributed by atoms with Crippen LogP contribution in [0.5, 0.6) is 0 Å². The van der Waals surface area contributed by atoms with Gasteiger partial charge >= 0.3 is 0 Å². The van der Waals surface area contributed by atoms with Gasteiger partial charge in [0.1, 0.15) is 11.6 Å². The molecule has 2 aromatic rings. The Morgan fingerprint density at radius 1 is 1.20 bits per heavy atom. The van der Waals surface area contributed by atoms with Crippen LogP contribution in [-0.4, -0.2) is 53.1 Å². The lowest BCUT2D eigenvalue weighted by molar-refractivity contribution is 0.427. The molecule has 0 bridgehead atoms. The average molecular weight is 301 g/mol.